The van der Waals surface area contributed by atoms with Crippen LogP contribution in [0.4, 0.5) is 0 Å². The molecule has 0 aliphatic heterocycles. The first-order valence-corrected chi connectivity index (χ1v) is 5.59. The zero-order chi connectivity index (χ0) is 7.84. The van der Waals surface area contributed by atoms with Crippen LogP contribution in [0.1, 0.15) is 24.3 Å². The summed E-state index contributed by atoms with van der Waals surface area (Å²) in [5, 5.41) is 0. The van der Waals surface area contributed by atoms with Crippen LogP contribution in [0, 0.1) is 3.57 Å². The van der Waals surface area contributed by atoms with Gasteiger partial charge < -0.3 is 0 Å². The van der Waals surface area contributed by atoms with Crippen LogP contribution in [0.3, 0.4) is 0 Å². The summed E-state index contributed by atoms with van der Waals surface area (Å²) in [5.74, 6) is 0.848. The first-order chi connectivity index (χ1) is 5.27. The highest BCUT2D eigenvalue weighted by molar-refractivity contribution is 14.1. The van der Waals surface area contributed by atoms with Gasteiger partial charge in [0.15, 0.2) is 0 Å². The molecule has 0 amide bonds. The average molecular weight is 323 g/mol. The molecule has 0 heterocycles. The van der Waals surface area contributed by atoms with E-state index in [1.54, 1.807) is 0 Å². The SMILES string of the molecule is Brc1cc(I)ccc1C1CC1. The Morgan fingerprint density at radius 1 is 1.36 bits per heavy atom. The van der Waals surface area contributed by atoms with E-state index in [1.807, 2.05) is 0 Å². The van der Waals surface area contributed by atoms with Crippen molar-refractivity contribution in [1.29, 1.82) is 0 Å². The average Bonchev–Trinajstić information content (AvgIpc) is 2.70. The number of hydrogen-bond donors (Lipinski definition) is 0. The van der Waals surface area contributed by atoms with E-state index in [0.717, 1.165) is 5.92 Å². The molecule has 11 heavy (non-hydrogen) atoms. The molecule has 1 aromatic rings. The summed E-state index contributed by atoms with van der Waals surface area (Å²) in [6, 6.07) is 6.61. The first-order valence-electron chi connectivity index (χ1n) is 3.72. The molecular weight excluding hydrogens is 315 g/mol. The highest BCUT2D eigenvalue weighted by atomic mass is 127. The molecule has 1 aromatic carbocycles. The lowest BCUT2D eigenvalue weighted by Gasteiger charge is -2.01. The van der Waals surface area contributed by atoms with E-state index in [2.05, 4.69) is 56.7 Å². The van der Waals surface area contributed by atoms with Gasteiger partial charge >= 0.3 is 0 Å². The van der Waals surface area contributed by atoms with Crippen molar-refractivity contribution < 1.29 is 0 Å². The third-order valence-electron chi connectivity index (χ3n) is 1.98. The van der Waals surface area contributed by atoms with E-state index in [9.17, 15) is 0 Å². The van der Waals surface area contributed by atoms with Gasteiger partial charge in [-0.2, -0.15) is 0 Å². The van der Waals surface area contributed by atoms with E-state index >= 15 is 0 Å². The van der Waals surface area contributed by atoms with Crippen molar-refractivity contribution in [2.45, 2.75) is 18.8 Å². The molecule has 0 saturated heterocycles. The summed E-state index contributed by atoms with van der Waals surface area (Å²) in [4.78, 5) is 0. The van der Waals surface area contributed by atoms with Gasteiger partial charge in [0.05, 0.1) is 0 Å². The van der Waals surface area contributed by atoms with Crippen LogP contribution in [0.2, 0.25) is 0 Å². The molecule has 1 fully saturated rings. The van der Waals surface area contributed by atoms with Crippen molar-refractivity contribution in [3.05, 3.63) is 31.8 Å². The van der Waals surface area contributed by atoms with Gasteiger partial charge in [0, 0.05) is 8.04 Å². The first kappa shape index (κ1) is 8.05. The van der Waals surface area contributed by atoms with Crippen LogP contribution >= 0.6 is 38.5 Å². The van der Waals surface area contributed by atoms with Crippen LogP contribution in [0.15, 0.2) is 22.7 Å². The Morgan fingerprint density at radius 3 is 2.64 bits per heavy atom. The molecule has 2 heteroatoms. The molecule has 0 aromatic heterocycles. The molecule has 1 saturated carbocycles. The monoisotopic (exact) mass is 322 g/mol. The fourth-order valence-corrected chi connectivity index (χ4v) is 2.85. The number of rotatable bonds is 1. The highest BCUT2D eigenvalue weighted by Crippen LogP contribution is 2.43. The molecule has 0 nitrogen and oxygen atoms in total. The van der Waals surface area contributed by atoms with Crippen molar-refractivity contribution in [1.82, 2.24) is 0 Å². The van der Waals surface area contributed by atoms with Crippen molar-refractivity contribution in [2.24, 2.45) is 0 Å². The largest absolute Gasteiger partial charge is 0.0566 e. The molecule has 1 aliphatic carbocycles. The fraction of sp³-hybridized carbons (Fsp3) is 0.333. The zero-order valence-corrected chi connectivity index (χ0v) is 9.72. The standard InChI is InChI=1S/C9H8BrI/c10-9-5-7(11)3-4-8(9)6-1-2-6/h3-6H,1-2H2. The van der Waals surface area contributed by atoms with Gasteiger partial charge in [0.25, 0.3) is 0 Å². The molecule has 0 bridgehead atoms. The molecule has 0 N–H and O–H groups in total. The summed E-state index contributed by atoms with van der Waals surface area (Å²) in [6.45, 7) is 0. The maximum Gasteiger partial charge on any atom is 0.0220 e. The highest BCUT2D eigenvalue weighted by Gasteiger charge is 2.25. The number of hydrogen-bond acceptors (Lipinski definition) is 0. The predicted octanol–water partition coefficient (Wildman–Crippen LogP) is 3.93. The fourth-order valence-electron chi connectivity index (χ4n) is 1.23. The maximum absolute atomic E-state index is 3.58. The van der Waals surface area contributed by atoms with Crippen LogP contribution in [-0.4, -0.2) is 0 Å². The number of benzene rings is 1. The molecule has 0 atom stereocenters. The zero-order valence-electron chi connectivity index (χ0n) is 5.98. The van der Waals surface area contributed by atoms with Gasteiger partial charge in [0.2, 0.25) is 0 Å². The Balaban J connectivity index is 2.39. The Hall–Kier alpha value is 0.430. The smallest absolute Gasteiger partial charge is 0.0220 e. The second kappa shape index (κ2) is 3.05. The third kappa shape index (κ3) is 1.78. The van der Waals surface area contributed by atoms with E-state index in [-0.39, 0.29) is 0 Å². The minimum Gasteiger partial charge on any atom is -0.0566 e. The molecule has 0 spiro atoms. The summed E-state index contributed by atoms with van der Waals surface area (Å²) < 4.78 is 2.59. The Bertz CT molecular complexity index is 279. The summed E-state index contributed by atoms with van der Waals surface area (Å²) in [7, 11) is 0. The minimum absolute atomic E-state index is 0.848. The maximum atomic E-state index is 3.58. The lowest BCUT2D eigenvalue weighted by Crippen LogP contribution is -1.81. The van der Waals surface area contributed by atoms with Crippen LogP contribution in [-0.2, 0) is 0 Å². The van der Waals surface area contributed by atoms with Gasteiger partial charge in [-0.25, -0.2) is 0 Å². The van der Waals surface area contributed by atoms with Gasteiger partial charge in [-0.15, -0.1) is 0 Å². The molecule has 0 radical (unpaired) electrons. The van der Waals surface area contributed by atoms with Crippen molar-refractivity contribution >= 4 is 38.5 Å². The molecule has 58 valence electrons. The summed E-state index contributed by atoms with van der Waals surface area (Å²) >= 11 is 5.92. The predicted molar refractivity (Wildman–Crippen MR) is 58.8 cm³/mol. The van der Waals surface area contributed by atoms with Gasteiger partial charge in [0.1, 0.15) is 0 Å². The van der Waals surface area contributed by atoms with Gasteiger partial charge in [-0.1, -0.05) is 22.0 Å². The van der Waals surface area contributed by atoms with E-state index in [0.29, 0.717) is 0 Å². The van der Waals surface area contributed by atoms with Crippen LogP contribution in [0.5, 0.6) is 0 Å². The summed E-state index contributed by atoms with van der Waals surface area (Å²) in [6.07, 6.45) is 2.75. The van der Waals surface area contributed by atoms with Crippen molar-refractivity contribution in [3.8, 4) is 0 Å². The van der Waals surface area contributed by atoms with Crippen molar-refractivity contribution in [3.63, 3.8) is 0 Å². The topological polar surface area (TPSA) is 0 Å². The Labute approximate surface area is 88.6 Å². The summed E-state index contributed by atoms with van der Waals surface area (Å²) in [5.41, 5.74) is 1.49. The quantitative estimate of drug-likeness (QED) is 0.687. The second-order valence-electron chi connectivity index (χ2n) is 2.94. The normalized spacial score (nSPS) is 16.9. The second-order valence-corrected chi connectivity index (χ2v) is 5.04. The molecule has 2 rings (SSSR count). The lowest BCUT2D eigenvalue weighted by atomic mass is 10.1. The van der Waals surface area contributed by atoms with E-state index in [1.165, 1.54) is 26.4 Å². The lowest BCUT2D eigenvalue weighted by molar-refractivity contribution is 1.11. The number of halogens is 2. The third-order valence-corrected chi connectivity index (χ3v) is 3.34. The Kier molecular flexibility index (Phi) is 2.23. The van der Waals surface area contributed by atoms with E-state index in [4.69, 9.17) is 0 Å². The molecule has 1 aliphatic rings. The molecular formula is C9H8BrI. The van der Waals surface area contributed by atoms with Gasteiger partial charge in [-0.05, 0) is 59.0 Å². The minimum atomic E-state index is 0.848. The van der Waals surface area contributed by atoms with Crippen LogP contribution in [0.25, 0.3) is 0 Å². The van der Waals surface area contributed by atoms with Crippen molar-refractivity contribution in [2.75, 3.05) is 0 Å². The van der Waals surface area contributed by atoms with Gasteiger partial charge in [-0.3, -0.25) is 0 Å². The Morgan fingerprint density at radius 2 is 2.09 bits per heavy atom. The molecule has 0 unspecified atom stereocenters. The van der Waals surface area contributed by atoms with Crippen LogP contribution < -0.4 is 0 Å². The van der Waals surface area contributed by atoms with E-state index < -0.39 is 0 Å².